The van der Waals surface area contributed by atoms with E-state index in [-0.39, 0.29) is 30.7 Å². The van der Waals surface area contributed by atoms with Gasteiger partial charge < -0.3 is 24.7 Å². The maximum absolute atomic E-state index is 11.8. The van der Waals surface area contributed by atoms with Crippen molar-refractivity contribution in [1.82, 2.24) is 4.90 Å². The molecule has 2 heterocycles. The maximum atomic E-state index is 11.8. The number of carbonyl (C=O) groups excluding carboxylic acids is 1. The van der Waals surface area contributed by atoms with Crippen LogP contribution in [0.25, 0.3) is 10.8 Å². The summed E-state index contributed by atoms with van der Waals surface area (Å²) in [6, 6.07) is 20.6. The zero-order valence-electron chi connectivity index (χ0n) is 20.7. The molecule has 3 aromatic rings. The van der Waals surface area contributed by atoms with Crippen LogP contribution in [0.5, 0.6) is 11.5 Å². The van der Waals surface area contributed by atoms with Gasteiger partial charge in [0.15, 0.2) is 6.29 Å². The SMILES string of the molecule is COc1ccc2c(C3COC(CCCN(CC(N)=O)C4CCOc5ccccc54)OC3)cccc2c1. The minimum absolute atomic E-state index is 0.116. The minimum atomic E-state index is -0.320. The third-order valence-corrected chi connectivity index (χ3v) is 7.14. The standard InChI is InChI=1S/C29H34N2O5/c1-33-22-11-12-24-20(16-22)6-4-8-23(24)21-18-35-29(36-19-21)10-5-14-31(17-28(30)32)26-13-15-34-27-9-3-2-7-25(26)27/h2-4,6-9,11-12,16,21,26,29H,5,10,13-15,17-19H2,1H3,(H2,30,32). The summed E-state index contributed by atoms with van der Waals surface area (Å²) < 4.78 is 23.4. The molecule has 36 heavy (non-hydrogen) atoms. The summed E-state index contributed by atoms with van der Waals surface area (Å²) in [6.45, 7) is 2.83. The predicted molar refractivity (Wildman–Crippen MR) is 138 cm³/mol. The average Bonchev–Trinajstić information content (AvgIpc) is 2.91. The molecule has 2 aliphatic rings. The van der Waals surface area contributed by atoms with Crippen molar-refractivity contribution in [2.45, 2.75) is 37.5 Å². The Kier molecular flexibility index (Phi) is 7.70. The Morgan fingerprint density at radius 2 is 1.86 bits per heavy atom. The summed E-state index contributed by atoms with van der Waals surface area (Å²) in [5.41, 5.74) is 7.94. The van der Waals surface area contributed by atoms with Crippen molar-refractivity contribution < 1.29 is 23.7 Å². The Morgan fingerprint density at radius 3 is 2.67 bits per heavy atom. The fourth-order valence-electron chi connectivity index (χ4n) is 5.37. The molecule has 7 heteroatoms. The topological polar surface area (TPSA) is 83.2 Å². The molecule has 1 fully saturated rings. The molecule has 0 aromatic heterocycles. The van der Waals surface area contributed by atoms with Gasteiger partial charge in [-0.25, -0.2) is 0 Å². The molecule has 0 radical (unpaired) electrons. The van der Waals surface area contributed by atoms with E-state index < -0.39 is 0 Å². The van der Waals surface area contributed by atoms with Crippen LogP contribution >= 0.6 is 0 Å². The molecule has 0 saturated carbocycles. The van der Waals surface area contributed by atoms with Gasteiger partial charge in [0.2, 0.25) is 5.91 Å². The second-order valence-corrected chi connectivity index (χ2v) is 9.50. The molecular formula is C29H34N2O5. The second-order valence-electron chi connectivity index (χ2n) is 9.50. The molecular weight excluding hydrogens is 456 g/mol. The summed E-state index contributed by atoms with van der Waals surface area (Å²) in [5, 5.41) is 2.35. The van der Waals surface area contributed by atoms with E-state index in [4.69, 9.17) is 24.7 Å². The lowest BCUT2D eigenvalue weighted by Crippen LogP contribution is -2.40. The smallest absolute Gasteiger partial charge is 0.231 e. The molecule has 7 nitrogen and oxygen atoms in total. The Hall–Kier alpha value is -3.13. The molecule has 3 aromatic carbocycles. The second kappa shape index (κ2) is 11.3. The highest BCUT2D eigenvalue weighted by atomic mass is 16.7. The normalized spacial score (nSPS) is 21.7. The highest BCUT2D eigenvalue weighted by Crippen LogP contribution is 2.36. The molecule has 190 valence electrons. The van der Waals surface area contributed by atoms with E-state index in [0.717, 1.165) is 48.3 Å². The number of hydrogen-bond donors (Lipinski definition) is 1. The largest absolute Gasteiger partial charge is 0.497 e. The number of hydrogen-bond acceptors (Lipinski definition) is 6. The zero-order valence-corrected chi connectivity index (χ0v) is 20.7. The van der Waals surface area contributed by atoms with Gasteiger partial charge in [-0.3, -0.25) is 9.69 Å². The van der Waals surface area contributed by atoms with Gasteiger partial charge in [-0.05, 0) is 53.9 Å². The van der Waals surface area contributed by atoms with E-state index in [9.17, 15) is 4.79 Å². The summed E-state index contributed by atoms with van der Waals surface area (Å²) in [4.78, 5) is 14.0. The molecule has 1 atom stereocenters. The van der Waals surface area contributed by atoms with Gasteiger partial charge in [0.1, 0.15) is 11.5 Å². The van der Waals surface area contributed by atoms with Crippen LogP contribution in [0, 0.1) is 0 Å². The van der Waals surface area contributed by atoms with E-state index in [2.05, 4.69) is 41.3 Å². The first kappa shape index (κ1) is 24.6. The van der Waals surface area contributed by atoms with Crippen LogP contribution in [-0.4, -0.2) is 57.1 Å². The molecule has 1 amide bonds. The fraction of sp³-hybridized carbons (Fsp3) is 0.414. The number of rotatable bonds is 9. The number of nitrogens with two attached hydrogens (primary N) is 1. The first-order chi connectivity index (χ1) is 17.6. The molecule has 0 aliphatic carbocycles. The lowest BCUT2D eigenvalue weighted by atomic mass is 9.94. The lowest BCUT2D eigenvalue weighted by molar-refractivity contribution is -0.190. The Labute approximate surface area is 212 Å². The molecule has 5 rings (SSSR count). The van der Waals surface area contributed by atoms with Gasteiger partial charge in [-0.1, -0.05) is 42.5 Å². The third-order valence-electron chi connectivity index (χ3n) is 7.14. The number of benzene rings is 3. The van der Waals surface area contributed by atoms with Crippen LogP contribution in [0.2, 0.25) is 0 Å². The van der Waals surface area contributed by atoms with Crippen molar-refractivity contribution in [3.8, 4) is 11.5 Å². The van der Waals surface area contributed by atoms with Crippen LogP contribution in [0.3, 0.4) is 0 Å². The zero-order chi connectivity index (χ0) is 24.9. The van der Waals surface area contributed by atoms with Gasteiger partial charge >= 0.3 is 0 Å². The monoisotopic (exact) mass is 490 g/mol. The number of methoxy groups -OCH3 is 1. The summed E-state index contributed by atoms with van der Waals surface area (Å²) in [6.07, 6.45) is 2.20. The van der Waals surface area contributed by atoms with Crippen molar-refractivity contribution in [2.24, 2.45) is 5.73 Å². The number of carbonyl (C=O) groups is 1. The van der Waals surface area contributed by atoms with Crippen molar-refractivity contribution >= 4 is 16.7 Å². The van der Waals surface area contributed by atoms with Gasteiger partial charge in [-0.2, -0.15) is 0 Å². The number of primary amides is 1. The Balaban J connectivity index is 1.17. The molecule has 1 unspecified atom stereocenters. The van der Waals surface area contributed by atoms with E-state index in [1.807, 2.05) is 24.3 Å². The first-order valence-electron chi connectivity index (χ1n) is 12.7. The number of para-hydroxylation sites is 1. The van der Waals surface area contributed by atoms with E-state index in [1.165, 1.54) is 10.9 Å². The molecule has 0 spiro atoms. The van der Waals surface area contributed by atoms with Crippen molar-refractivity contribution in [2.75, 3.05) is 40.0 Å². The lowest BCUT2D eigenvalue weighted by Gasteiger charge is -2.35. The molecule has 2 N–H and O–H groups in total. The van der Waals surface area contributed by atoms with E-state index >= 15 is 0 Å². The first-order valence-corrected chi connectivity index (χ1v) is 12.7. The highest BCUT2D eigenvalue weighted by Gasteiger charge is 2.29. The van der Waals surface area contributed by atoms with Gasteiger partial charge in [0.05, 0.1) is 33.5 Å². The minimum Gasteiger partial charge on any atom is -0.497 e. The van der Waals surface area contributed by atoms with Gasteiger partial charge in [0.25, 0.3) is 0 Å². The predicted octanol–water partition coefficient (Wildman–Crippen LogP) is 4.40. The Morgan fingerprint density at radius 1 is 1.06 bits per heavy atom. The third kappa shape index (κ3) is 5.48. The molecule has 0 bridgehead atoms. The number of nitrogens with zero attached hydrogens (tertiary/aromatic N) is 1. The number of ether oxygens (including phenoxy) is 4. The van der Waals surface area contributed by atoms with E-state index in [1.54, 1.807) is 7.11 Å². The summed E-state index contributed by atoms with van der Waals surface area (Å²) in [5.74, 6) is 1.61. The van der Waals surface area contributed by atoms with Crippen LogP contribution < -0.4 is 15.2 Å². The molecule has 2 aliphatic heterocycles. The van der Waals surface area contributed by atoms with Crippen LogP contribution in [0.4, 0.5) is 0 Å². The van der Waals surface area contributed by atoms with Crippen molar-refractivity contribution in [1.29, 1.82) is 0 Å². The summed E-state index contributed by atoms with van der Waals surface area (Å²) >= 11 is 0. The Bertz CT molecular complexity index is 1190. The van der Waals surface area contributed by atoms with E-state index in [0.29, 0.717) is 19.8 Å². The highest BCUT2D eigenvalue weighted by molar-refractivity contribution is 5.87. The molecule has 1 saturated heterocycles. The van der Waals surface area contributed by atoms with Crippen LogP contribution in [-0.2, 0) is 14.3 Å². The number of fused-ring (bicyclic) bond motifs is 2. The average molecular weight is 491 g/mol. The van der Waals surface area contributed by atoms with Gasteiger partial charge in [-0.15, -0.1) is 0 Å². The maximum Gasteiger partial charge on any atom is 0.231 e. The van der Waals surface area contributed by atoms with Crippen molar-refractivity contribution in [3.63, 3.8) is 0 Å². The van der Waals surface area contributed by atoms with Crippen LogP contribution in [0.1, 0.15) is 42.3 Å². The number of amides is 1. The fourth-order valence-corrected chi connectivity index (χ4v) is 5.37. The van der Waals surface area contributed by atoms with Crippen LogP contribution in [0.15, 0.2) is 60.7 Å². The summed E-state index contributed by atoms with van der Waals surface area (Å²) in [7, 11) is 1.68. The van der Waals surface area contributed by atoms with Crippen molar-refractivity contribution in [3.05, 3.63) is 71.8 Å². The van der Waals surface area contributed by atoms with Gasteiger partial charge in [0, 0.05) is 23.9 Å². The quantitative estimate of drug-likeness (QED) is 0.479.